The highest BCUT2D eigenvalue weighted by atomic mass is 15.2. The number of hydrogen-bond donors (Lipinski definition) is 0. The van der Waals surface area contributed by atoms with Crippen LogP contribution in [0.1, 0.15) is 83.0 Å². The number of hydrogen-bond acceptors (Lipinski definition) is 2. The third-order valence-corrected chi connectivity index (χ3v) is 22.3. The van der Waals surface area contributed by atoms with E-state index in [-0.39, 0.29) is 21.7 Å². The lowest BCUT2D eigenvalue weighted by atomic mass is 9.68. The first-order chi connectivity index (χ1) is 48.8. The third kappa shape index (κ3) is 11.5. The highest BCUT2D eigenvalue weighted by Gasteiger charge is 2.53. The molecule has 10 aromatic carbocycles. The van der Waals surface area contributed by atoms with Crippen molar-refractivity contribution in [1.29, 1.82) is 0 Å². The lowest BCUT2D eigenvalue weighted by Gasteiger charge is -2.33. The molecule has 2 atom stereocenters. The molecule has 0 aliphatic carbocycles. The zero-order chi connectivity index (χ0) is 69.8. The van der Waals surface area contributed by atoms with Crippen LogP contribution in [0.15, 0.2) is 342 Å². The Bertz CT molecular complexity index is 5180. The van der Waals surface area contributed by atoms with E-state index in [0.29, 0.717) is 0 Å². The first kappa shape index (κ1) is 67.6. The van der Waals surface area contributed by atoms with Gasteiger partial charge in [-0.2, -0.15) is 9.15 Å². The topological polar surface area (TPSA) is 12.5 Å². The fourth-order valence-corrected chi connectivity index (χ4v) is 17.9. The van der Waals surface area contributed by atoms with E-state index in [4.69, 9.17) is 0 Å². The van der Waals surface area contributed by atoms with Gasteiger partial charge < -0.3 is 9.80 Å². The smallest absolute Gasteiger partial charge is 0.210 e. The van der Waals surface area contributed by atoms with Gasteiger partial charge in [-0.05, 0) is 178 Å². The summed E-state index contributed by atoms with van der Waals surface area (Å²) >= 11 is 0. The second kappa shape index (κ2) is 28.5. The maximum atomic E-state index is 4.32. The average molecular weight is 1300 g/mol. The van der Waals surface area contributed by atoms with Crippen LogP contribution in [-0.2, 0) is 34.5 Å². The van der Waals surface area contributed by atoms with Crippen LogP contribution in [0.3, 0.4) is 0 Å². The largest absolute Gasteiger partial charge is 0.347 e. The van der Waals surface area contributed by atoms with Crippen molar-refractivity contribution in [3.63, 3.8) is 0 Å². The summed E-state index contributed by atoms with van der Waals surface area (Å²) in [4.78, 5) is 4.76. The van der Waals surface area contributed by atoms with E-state index in [1.165, 1.54) is 133 Å². The van der Waals surface area contributed by atoms with E-state index in [0.717, 1.165) is 51.4 Å². The number of allylic oxidation sites excluding steroid dienone is 18. The molecule has 4 aliphatic rings. The van der Waals surface area contributed by atoms with Crippen LogP contribution in [-0.4, -0.2) is 48.8 Å². The molecule has 2 unspecified atom stereocenters. The third-order valence-electron chi connectivity index (χ3n) is 22.3. The van der Waals surface area contributed by atoms with E-state index < -0.39 is 0 Å². The highest BCUT2D eigenvalue weighted by Crippen LogP contribution is 2.57. The molecule has 0 spiro atoms. The summed E-state index contributed by atoms with van der Waals surface area (Å²) in [7, 11) is 8.82. The Kier molecular flexibility index (Phi) is 19.3. The Morgan fingerprint density at radius 3 is 1.08 bits per heavy atom. The standard InChI is InChI=1S/C53H51N2.C43H43N2/c1-7-34-52(36-42-24-14-12-20-38(42)3)48(54(5)46-32-30-40-22-16-18-26-44(40)50(46)52)28-10-9-11-29-49-53(35-8-2,37-43-25-15-13-21-39(43)4)51-45-27-19-17-23-41(45)31-33-47(51)55(49)6;1-7-28-42(29-8-2)38(44(5)36-26-24-32-18-14-16-20-34(32)40(36)42)22-12-11-13-23-39-43(30-9-3,31-10-4)41-35-21-17-15-19-33(35)25-27-37(41)45(39)6/h7-33H,1-2,34-37H2,3-6H3;7-27H,1-4,28-31H2,5-6H3/q2*+1. The van der Waals surface area contributed by atoms with Crippen molar-refractivity contribution in [2.45, 2.75) is 86.9 Å². The van der Waals surface area contributed by atoms with Crippen LogP contribution in [0.5, 0.6) is 0 Å². The molecule has 10 aromatic rings. The maximum Gasteiger partial charge on any atom is 0.210 e. The fraction of sp³-hybridized carbons (Fsp3) is 0.188. The first-order valence-electron chi connectivity index (χ1n) is 35.4. The molecule has 0 N–H and O–H groups in total. The predicted molar refractivity (Wildman–Crippen MR) is 432 cm³/mol. The van der Waals surface area contributed by atoms with Crippen molar-refractivity contribution in [3.05, 3.63) is 387 Å². The molecule has 0 aromatic heterocycles. The number of fused-ring (bicyclic) bond motifs is 12. The molecular weight excluding hydrogens is 1210 g/mol. The van der Waals surface area contributed by atoms with Gasteiger partial charge in [0.05, 0.1) is 10.8 Å². The van der Waals surface area contributed by atoms with Crippen molar-refractivity contribution < 1.29 is 9.15 Å². The summed E-state index contributed by atoms with van der Waals surface area (Å²) in [5, 5.41) is 10.3. The molecule has 4 heteroatoms. The molecule has 0 saturated carbocycles. The minimum atomic E-state index is -0.275. The van der Waals surface area contributed by atoms with Crippen LogP contribution in [0.4, 0.5) is 22.7 Å². The molecule has 0 bridgehead atoms. The molecule has 496 valence electrons. The van der Waals surface area contributed by atoms with Gasteiger partial charge in [-0.1, -0.05) is 231 Å². The number of benzene rings is 10. The number of aryl methyl sites for hydroxylation is 2. The van der Waals surface area contributed by atoms with Crippen LogP contribution < -0.4 is 9.80 Å². The summed E-state index contributed by atoms with van der Waals surface area (Å²) in [6.07, 6.45) is 41.7. The minimum Gasteiger partial charge on any atom is -0.347 e. The fourth-order valence-electron chi connectivity index (χ4n) is 17.9. The Morgan fingerprint density at radius 1 is 0.330 bits per heavy atom. The van der Waals surface area contributed by atoms with Gasteiger partial charge in [0.2, 0.25) is 11.4 Å². The summed E-state index contributed by atoms with van der Waals surface area (Å²) in [6, 6.07) is 70.9. The molecule has 4 heterocycles. The second-order valence-electron chi connectivity index (χ2n) is 27.8. The van der Waals surface area contributed by atoms with Gasteiger partial charge in [-0.3, -0.25) is 0 Å². The molecule has 0 amide bonds. The second-order valence-corrected chi connectivity index (χ2v) is 27.8. The first-order valence-corrected chi connectivity index (χ1v) is 35.4. The minimum absolute atomic E-state index is 0.227. The van der Waals surface area contributed by atoms with Crippen LogP contribution in [0.25, 0.3) is 43.1 Å². The van der Waals surface area contributed by atoms with Crippen LogP contribution in [0.2, 0.25) is 0 Å². The molecule has 14 rings (SSSR count). The monoisotopic (exact) mass is 1300 g/mol. The number of anilines is 2. The average Bonchev–Trinajstić information content (AvgIpc) is 1.59. The molecule has 0 fully saturated rings. The van der Waals surface area contributed by atoms with E-state index >= 15 is 0 Å². The molecule has 0 radical (unpaired) electrons. The van der Waals surface area contributed by atoms with Gasteiger partial charge in [0.25, 0.3) is 0 Å². The molecule has 4 nitrogen and oxygen atoms in total. The number of likely N-dealkylation sites (N-methyl/N-ethyl adjacent to an activating group) is 2. The Hall–Kier alpha value is -10.9. The van der Waals surface area contributed by atoms with Crippen molar-refractivity contribution in [2.24, 2.45) is 0 Å². The zero-order valence-electron chi connectivity index (χ0n) is 59.4. The summed E-state index contributed by atoms with van der Waals surface area (Å²) in [5.41, 5.74) is 20.0. The van der Waals surface area contributed by atoms with E-state index in [1.807, 2.05) is 0 Å². The van der Waals surface area contributed by atoms with Crippen molar-refractivity contribution in [3.8, 4) is 0 Å². The van der Waals surface area contributed by atoms with Crippen molar-refractivity contribution >= 4 is 77.3 Å². The van der Waals surface area contributed by atoms with Crippen LogP contribution in [0, 0.1) is 13.8 Å². The SMILES string of the molecule is C=CCC1(CC=C)C(/C=C/C=C/C=C2/N(C)c3ccc4ccccc4c3C2(CC=C)CC=C)=[N+](C)c2ccc3ccccc3c21.C=CCC1(Cc2ccccc2C)C(/C=C/C=C/C=C2/N(C)c3ccc4ccccc4c3C2(CC=C)Cc2ccccc2C)=[N+](C)c2ccc3ccccc3c21. The summed E-state index contributed by atoms with van der Waals surface area (Å²) in [5.74, 6) is 0. The Morgan fingerprint density at radius 2 is 0.650 bits per heavy atom. The Labute approximate surface area is 594 Å². The summed E-state index contributed by atoms with van der Waals surface area (Å²) in [6.45, 7) is 29.8. The lowest BCUT2D eigenvalue weighted by Crippen LogP contribution is -2.36. The van der Waals surface area contributed by atoms with Gasteiger partial charge >= 0.3 is 0 Å². The van der Waals surface area contributed by atoms with E-state index in [9.17, 15) is 0 Å². The predicted octanol–water partition coefficient (Wildman–Crippen LogP) is 23.2. The molecular formula is C96H94N4+2. The quantitative estimate of drug-likeness (QED) is 0.0381. The Balaban J connectivity index is 0.000000183. The van der Waals surface area contributed by atoms with Crippen molar-refractivity contribution in [1.82, 2.24) is 0 Å². The van der Waals surface area contributed by atoms with Gasteiger partial charge in [-0.25, -0.2) is 0 Å². The van der Waals surface area contributed by atoms with E-state index in [1.54, 1.807) is 0 Å². The normalized spacial score (nSPS) is 18.9. The van der Waals surface area contributed by atoms with Crippen LogP contribution >= 0.6 is 0 Å². The van der Waals surface area contributed by atoms with Crippen molar-refractivity contribution in [2.75, 3.05) is 38.0 Å². The zero-order valence-corrected chi connectivity index (χ0v) is 59.4. The summed E-state index contributed by atoms with van der Waals surface area (Å²) < 4.78 is 4.76. The van der Waals surface area contributed by atoms with E-state index in [2.05, 4.69) is 392 Å². The number of rotatable bonds is 22. The molecule has 4 aliphatic heterocycles. The lowest BCUT2D eigenvalue weighted by molar-refractivity contribution is -0.401. The van der Waals surface area contributed by atoms with Gasteiger partial charge in [0.15, 0.2) is 11.4 Å². The molecule has 100 heavy (non-hydrogen) atoms. The molecule has 0 saturated heterocycles. The highest BCUT2D eigenvalue weighted by molar-refractivity contribution is 6.10. The van der Waals surface area contributed by atoms with Gasteiger partial charge in [0, 0.05) is 83.1 Å². The van der Waals surface area contributed by atoms with Gasteiger partial charge in [0.1, 0.15) is 14.1 Å². The maximum absolute atomic E-state index is 4.32. The number of nitrogens with zero attached hydrogens (tertiary/aromatic N) is 4. The van der Waals surface area contributed by atoms with Gasteiger partial charge in [-0.15, -0.1) is 39.5 Å².